The Labute approximate surface area is 55.0 Å². The third-order valence-electron chi connectivity index (χ3n) is 1.38. The second-order valence-corrected chi connectivity index (χ2v) is 2.36. The summed E-state index contributed by atoms with van der Waals surface area (Å²) in [6.45, 7) is 2.03. The molecule has 0 radical (unpaired) electrons. The lowest BCUT2D eigenvalue weighted by Crippen LogP contribution is -1.93. The van der Waals surface area contributed by atoms with E-state index in [-0.39, 0.29) is 0 Å². The fourth-order valence-corrected chi connectivity index (χ4v) is 0.817. The van der Waals surface area contributed by atoms with Crippen LogP contribution in [0.2, 0.25) is 0 Å². The van der Waals surface area contributed by atoms with Crippen LogP contribution < -0.4 is 0 Å². The molecule has 2 heteroatoms. The van der Waals surface area contributed by atoms with Crippen LogP contribution in [-0.4, -0.2) is 5.90 Å². The Hall–Kier alpha value is -0.790. The fraction of sp³-hybridized carbons (Fsp3) is 0.571. The monoisotopic (exact) mass is 125 g/mol. The minimum absolute atomic E-state index is 0.395. The van der Waals surface area contributed by atoms with Crippen LogP contribution in [0.25, 0.3) is 0 Å². The zero-order valence-electron chi connectivity index (χ0n) is 5.61. The number of hydrogen-bond donors (Lipinski definition) is 1. The molecule has 0 fully saturated rings. The van der Waals surface area contributed by atoms with E-state index in [0.29, 0.717) is 5.90 Å². The molecule has 1 aliphatic heterocycles. The Morgan fingerprint density at radius 3 is 3.11 bits per heavy atom. The van der Waals surface area contributed by atoms with Gasteiger partial charge < -0.3 is 4.74 Å². The van der Waals surface area contributed by atoms with Crippen molar-refractivity contribution in [1.29, 1.82) is 5.41 Å². The molecule has 0 saturated heterocycles. The van der Waals surface area contributed by atoms with Crippen molar-refractivity contribution < 1.29 is 4.74 Å². The Kier molecular flexibility index (Phi) is 1.88. The lowest BCUT2D eigenvalue weighted by atomic mass is 10.1. The summed E-state index contributed by atoms with van der Waals surface area (Å²) >= 11 is 0. The van der Waals surface area contributed by atoms with Crippen molar-refractivity contribution in [1.82, 2.24) is 0 Å². The molecule has 0 atom stereocenters. The van der Waals surface area contributed by atoms with E-state index in [9.17, 15) is 0 Å². The summed E-state index contributed by atoms with van der Waals surface area (Å²) in [5.41, 5.74) is 1.23. The summed E-state index contributed by atoms with van der Waals surface area (Å²) in [7, 11) is 0. The Morgan fingerprint density at radius 1 is 1.56 bits per heavy atom. The maximum absolute atomic E-state index is 7.15. The van der Waals surface area contributed by atoms with Gasteiger partial charge in [0.05, 0.1) is 6.26 Å². The topological polar surface area (TPSA) is 33.1 Å². The predicted molar refractivity (Wildman–Crippen MR) is 36.4 cm³/mol. The van der Waals surface area contributed by atoms with E-state index < -0.39 is 0 Å². The molecule has 0 aromatic rings. The second kappa shape index (κ2) is 2.67. The van der Waals surface area contributed by atoms with Crippen molar-refractivity contribution in [3.8, 4) is 0 Å². The number of rotatable bonds is 0. The van der Waals surface area contributed by atoms with Gasteiger partial charge in [-0.1, -0.05) is 0 Å². The SMILES string of the molecule is CC1=COC(=N)CCC1. The molecule has 0 saturated carbocycles. The third kappa shape index (κ3) is 1.88. The Morgan fingerprint density at radius 2 is 2.33 bits per heavy atom. The van der Waals surface area contributed by atoms with Crippen molar-refractivity contribution in [2.45, 2.75) is 26.2 Å². The maximum atomic E-state index is 7.15. The summed E-state index contributed by atoms with van der Waals surface area (Å²) in [5, 5.41) is 7.15. The van der Waals surface area contributed by atoms with Crippen molar-refractivity contribution in [3.05, 3.63) is 11.8 Å². The van der Waals surface area contributed by atoms with E-state index in [0.717, 1.165) is 19.3 Å². The van der Waals surface area contributed by atoms with Gasteiger partial charge in [0.25, 0.3) is 0 Å². The number of hydrogen-bond acceptors (Lipinski definition) is 2. The average molecular weight is 125 g/mol. The highest BCUT2D eigenvalue weighted by Gasteiger charge is 2.02. The van der Waals surface area contributed by atoms with Gasteiger partial charge in [0.15, 0.2) is 5.90 Å². The summed E-state index contributed by atoms with van der Waals surface area (Å²) in [6, 6.07) is 0. The van der Waals surface area contributed by atoms with E-state index in [1.54, 1.807) is 6.26 Å². The molecule has 50 valence electrons. The van der Waals surface area contributed by atoms with Crippen LogP contribution in [0.4, 0.5) is 0 Å². The summed E-state index contributed by atoms with van der Waals surface area (Å²) in [6.07, 6.45) is 4.59. The molecule has 1 rings (SSSR count). The van der Waals surface area contributed by atoms with Gasteiger partial charge in [0, 0.05) is 6.42 Å². The van der Waals surface area contributed by atoms with E-state index >= 15 is 0 Å². The van der Waals surface area contributed by atoms with Gasteiger partial charge in [-0.2, -0.15) is 0 Å². The largest absolute Gasteiger partial charge is 0.451 e. The van der Waals surface area contributed by atoms with Crippen LogP contribution in [0.15, 0.2) is 11.8 Å². The van der Waals surface area contributed by atoms with Gasteiger partial charge in [-0.05, 0) is 25.3 Å². The van der Waals surface area contributed by atoms with E-state index in [1.807, 2.05) is 6.92 Å². The quantitative estimate of drug-likeness (QED) is 0.528. The Balaban J connectivity index is 2.52. The van der Waals surface area contributed by atoms with Gasteiger partial charge in [-0.25, -0.2) is 0 Å². The van der Waals surface area contributed by atoms with Crippen LogP contribution in [0.5, 0.6) is 0 Å². The third-order valence-corrected chi connectivity index (χ3v) is 1.38. The predicted octanol–water partition coefficient (Wildman–Crippen LogP) is 2.07. The zero-order valence-corrected chi connectivity index (χ0v) is 5.61. The van der Waals surface area contributed by atoms with Crippen molar-refractivity contribution in [2.75, 3.05) is 0 Å². The van der Waals surface area contributed by atoms with Gasteiger partial charge >= 0.3 is 0 Å². The number of allylic oxidation sites excluding steroid dienone is 1. The first-order chi connectivity index (χ1) is 4.29. The molecular weight excluding hydrogens is 114 g/mol. The van der Waals surface area contributed by atoms with E-state index in [1.165, 1.54) is 5.57 Å². The highest BCUT2D eigenvalue weighted by atomic mass is 16.5. The zero-order chi connectivity index (χ0) is 6.69. The lowest BCUT2D eigenvalue weighted by Gasteiger charge is -1.94. The molecular formula is C7H11NO. The van der Waals surface area contributed by atoms with Gasteiger partial charge in [0.1, 0.15) is 0 Å². The summed E-state index contributed by atoms with van der Waals surface area (Å²) in [4.78, 5) is 0. The first-order valence-corrected chi connectivity index (χ1v) is 3.19. The molecule has 0 spiro atoms. The van der Waals surface area contributed by atoms with Crippen LogP contribution in [-0.2, 0) is 4.74 Å². The number of ether oxygens (including phenoxy) is 1. The first kappa shape index (κ1) is 6.33. The second-order valence-electron chi connectivity index (χ2n) is 2.36. The Bertz CT molecular complexity index is 149. The molecule has 0 unspecified atom stereocenters. The van der Waals surface area contributed by atoms with E-state index in [4.69, 9.17) is 10.1 Å². The van der Waals surface area contributed by atoms with Gasteiger partial charge in [-0.15, -0.1) is 0 Å². The molecule has 9 heavy (non-hydrogen) atoms. The smallest absolute Gasteiger partial charge is 0.186 e. The summed E-state index contributed by atoms with van der Waals surface area (Å²) in [5.74, 6) is 0.395. The molecule has 0 aliphatic carbocycles. The van der Waals surface area contributed by atoms with Crippen LogP contribution in [0.1, 0.15) is 26.2 Å². The molecule has 0 amide bonds. The summed E-state index contributed by atoms with van der Waals surface area (Å²) < 4.78 is 4.94. The molecule has 1 aliphatic rings. The standard InChI is InChI=1S/C7H11NO/c1-6-3-2-4-7(8)9-5-6/h5,8H,2-4H2,1H3. The highest BCUT2D eigenvalue weighted by Crippen LogP contribution is 2.11. The minimum atomic E-state index is 0.395. The van der Waals surface area contributed by atoms with Crippen molar-refractivity contribution in [2.24, 2.45) is 0 Å². The minimum Gasteiger partial charge on any atom is -0.451 e. The van der Waals surface area contributed by atoms with Gasteiger partial charge in [0.2, 0.25) is 0 Å². The molecule has 1 N–H and O–H groups in total. The van der Waals surface area contributed by atoms with Crippen LogP contribution in [0, 0.1) is 5.41 Å². The van der Waals surface area contributed by atoms with E-state index in [2.05, 4.69) is 0 Å². The van der Waals surface area contributed by atoms with Crippen LogP contribution >= 0.6 is 0 Å². The maximum Gasteiger partial charge on any atom is 0.186 e. The number of nitrogens with one attached hydrogen (secondary N) is 1. The molecule has 0 aromatic heterocycles. The molecule has 0 bridgehead atoms. The first-order valence-electron chi connectivity index (χ1n) is 3.19. The van der Waals surface area contributed by atoms with Crippen molar-refractivity contribution >= 4 is 5.90 Å². The lowest BCUT2D eigenvalue weighted by molar-refractivity contribution is 0.453. The molecule has 1 heterocycles. The average Bonchev–Trinajstić information content (AvgIpc) is 1.97. The van der Waals surface area contributed by atoms with Crippen LogP contribution in [0.3, 0.4) is 0 Å². The van der Waals surface area contributed by atoms with Gasteiger partial charge in [-0.3, -0.25) is 5.41 Å². The highest BCUT2D eigenvalue weighted by molar-refractivity contribution is 5.73. The molecule has 0 aromatic carbocycles. The van der Waals surface area contributed by atoms with Crippen molar-refractivity contribution in [3.63, 3.8) is 0 Å². The normalized spacial score (nSPS) is 20.1. The molecule has 2 nitrogen and oxygen atoms in total. The fourth-order valence-electron chi connectivity index (χ4n) is 0.817.